The lowest BCUT2D eigenvalue weighted by Crippen LogP contribution is -2.45. The summed E-state index contributed by atoms with van der Waals surface area (Å²) in [4.78, 5) is 22.2. The SMILES string of the molecule is CCCCCCCCCC/C=C/[C@@H](O)[C@H](COP(=O)(O)OCCN)NC(=O)CCCCCCCCC. The molecule has 9 heteroatoms. The number of rotatable bonds is 26. The van der Waals surface area contributed by atoms with Gasteiger partial charge in [0, 0.05) is 13.0 Å². The first-order chi connectivity index (χ1) is 17.4. The monoisotopic (exact) mass is 534 g/mol. The summed E-state index contributed by atoms with van der Waals surface area (Å²) in [6, 6.07) is -0.848. The number of carbonyl (C=O) groups is 1. The van der Waals surface area contributed by atoms with Crippen LogP contribution in [0.5, 0.6) is 0 Å². The standard InChI is InChI=1S/C27H55N2O6P/c1-3-5-7-9-11-12-13-15-16-18-20-26(30)25(24-35-36(32,33)34-23-22-28)29-27(31)21-19-17-14-10-8-6-4-2/h18,20,25-26,30H,3-17,19,21-24,28H2,1-2H3,(H,29,31)(H,32,33)/b20-18+/t25-,26+/m0/s1. The van der Waals surface area contributed by atoms with Crippen LogP contribution in [0.2, 0.25) is 0 Å². The van der Waals surface area contributed by atoms with Crippen molar-refractivity contribution in [3.05, 3.63) is 12.2 Å². The Morgan fingerprint density at radius 2 is 1.42 bits per heavy atom. The van der Waals surface area contributed by atoms with E-state index in [0.29, 0.717) is 6.42 Å². The Kier molecular flexibility index (Phi) is 24.1. The Labute approximate surface area is 220 Å². The summed E-state index contributed by atoms with van der Waals surface area (Å²) in [5, 5.41) is 13.4. The van der Waals surface area contributed by atoms with E-state index < -0.39 is 20.0 Å². The molecule has 0 saturated carbocycles. The van der Waals surface area contributed by atoms with Gasteiger partial charge in [-0.1, -0.05) is 109 Å². The fraction of sp³-hybridized carbons (Fsp3) is 0.889. The third kappa shape index (κ3) is 22.4. The second-order valence-electron chi connectivity index (χ2n) is 9.61. The second kappa shape index (κ2) is 24.6. The first-order valence-electron chi connectivity index (χ1n) is 14.3. The molecule has 0 aromatic heterocycles. The van der Waals surface area contributed by atoms with E-state index in [2.05, 4.69) is 19.2 Å². The molecular weight excluding hydrogens is 479 g/mol. The van der Waals surface area contributed by atoms with Crippen LogP contribution >= 0.6 is 7.82 Å². The van der Waals surface area contributed by atoms with Crippen molar-refractivity contribution >= 4 is 13.7 Å². The van der Waals surface area contributed by atoms with Crippen molar-refractivity contribution in [1.29, 1.82) is 0 Å². The van der Waals surface area contributed by atoms with Crippen LogP contribution in [0.15, 0.2) is 12.2 Å². The van der Waals surface area contributed by atoms with Crippen LogP contribution in [0, 0.1) is 0 Å². The highest BCUT2D eigenvalue weighted by atomic mass is 31.2. The third-order valence-corrected chi connectivity index (χ3v) is 7.10. The number of hydrogen-bond acceptors (Lipinski definition) is 6. The number of carbonyl (C=O) groups excluding carboxylic acids is 1. The van der Waals surface area contributed by atoms with E-state index in [4.69, 9.17) is 14.8 Å². The molecule has 0 saturated heterocycles. The Bertz CT molecular complexity index is 591. The van der Waals surface area contributed by atoms with Gasteiger partial charge in [0.05, 0.1) is 25.4 Å². The molecule has 0 aliphatic rings. The van der Waals surface area contributed by atoms with E-state index >= 15 is 0 Å². The number of unbranched alkanes of at least 4 members (excludes halogenated alkanes) is 14. The number of aliphatic hydroxyl groups is 1. The minimum atomic E-state index is -4.31. The smallest absolute Gasteiger partial charge is 0.387 e. The van der Waals surface area contributed by atoms with Gasteiger partial charge in [-0.3, -0.25) is 13.8 Å². The zero-order chi connectivity index (χ0) is 26.9. The first-order valence-corrected chi connectivity index (χ1v) is 15.8. The molecule has 3 atom stereocenters. The molecule has 0 bridgehead atoms. The van der Waals surface area contributed by atoms with Crippen molar-refractivity contribution in [2.45, 2.75) is 135 Å². The number of hydrogen-bond donors (Lipinski definition) is 4. The zero-order valence-electron chi connectivity index (χ0n) is 23.0. The molecule has 0 radical (unpaired) electrons. The molecule has 0 aromatic carbocycles. The number of amides is 1. The molecule has 0 spiro atoms. The summed E-state index contributed by atoms with van der Waals surface area (Å²) in [5.74, 6) is -0.205. The van der Waals surface area contributed by atoms with E-state index in [1.807, 2.05) is 6.08 Å². The van der Waals surface area contributed by atoms with Gasteiger partial charge < -0.3 is 21.1 Å². The molecule has 0 aromatic rings. The maximum absolute atomic E-state index is 12.5. The molecule has 0 fully saturated rings. The number of allylic oxidation sites excluding steroid dienone is 1. The quantitative estimate of drug-likeness (QED) is 0.0594. The van der Waals surface area contributed by atoms with Gasteiger partial charge in [0.1, 0.15) is 0 Å². The van der Waals surface area contributed by atoms with Crippen molar-refractivity contribution in [2.24, 2.45) is 5.73 Å². The van der Waals surface area contributed by atoms with Crippen molar-refractivity contribution in [1.82, 2.24) is 5.32 Å². The van der Waals surface area contributed by atoms with Crippen LogP contribution in [0.3, 0.4) is 0 Å². The van der Waals surface area contributed by atoms with Crippen LogP contribution in [-0.4, -0.2) is 47.8 Å². The summed E-state index contributed by atoms with van der Waals surface area (Å²) in [6.07, 6.45) is 21.3. The summed E-state index contributed by atoms with van der Waals surface area (Å²) in [7, 11) is -4.31. The van der Waals surface area contributed by atoms with Gasteiger partial charge in [0.25, 0.3) is 0 Å². The molecule has 1 amide bonds. The normalized spacial score (nSPS) is 15.1. The van der Waals surface area contributed by atoms with E-state index in [0.717, 1.165) is 38.5 Å². The lowest BCUT2D eigenvalue weighted by Gasteiger charge is -2.23. The highest BCUT2D eigenvalue weighted by Gasteiger charge is 2.26. The Hall–Kier alpha value is -0.760. The molecule has 8 nitrogen and oxygen atoms in total. The lowest BCUT2D eigenvalue weighted by atomic mass is 10.1. The van der Waals surface area contributed by atoms with Gasteiger partial charge in [0.2, 0.25) is 5.91 Å². The van der Waals surface area contributed by atoms with Crippen LogP contribution in [-0.2, 0) is 18.4 Å². The van der Waals surface area contributed by atoms with Crippen LogP contribution < -0.4 is 11.1 Å². The summed E-state index contributed by atoms with van der Waals surface area (Å²) >= 11 is 0. The van der Waals surface area contributed by atoms with Crippen molar-refractivity contribution in [3.63, 3.8) is 0 Å². The Balaban J connectivity index is 4.53. The molecule has 0 heterocycles. The zero-order valence-corrected chi connectivity index (χ0v) is 23.9. The highest BCUT2D eigenvalue weighted by molar-refractivity contribution is 7.47. The van der Waals surface area contributed by atoms with Gasteiger partial charge in [-0.25, -0.2) is 4.57 Å². The van der Waals surface area contributed by atoms with Crippen LogP contribution in [0.1, 0.15) is 123 Å². The van der Waals surface area contributed by atoms with Crippen molar-refractivity contribution in [3.8, 4) is 0 Å². The fourth-order valence-corrected chi connectivity index (χ4v) is 4.65. The van der Waals surface area contributed by atoms with E-state index in [1.165, 1.54) is 64.2 Å². The minimum Gasteiger partial charge on any atom is -0.387 e. The molecule has 36 heavy (non-hydrogen) atoms. The van der Waals surface area contributed by atoms with Gasteiger partial charge in [-0.2, -0.15) is 0 Å². The predicted molar refractivity (Wildman–Crippen MR) is 148 cm³/mol. The van der Waals surface area contributed by atoms with Crippen molar-refractivity contribution < 1.29 is 28.4 Å². The Morgan fingerprint density at radius 1 is 0.889 bits per heavy atom. The molecule has 214 valence electrons. The molecule has 5 N–H and O–H groups in total. The number of nitrogens with one attached hydrogen (secondary N) is 1. The van der Waals surface area contributed by atoms with Gasteiger partial charge >= 0.3 is 7.82 Å². The Morgan fingerprint density at radius 3 is 1.97 bits per heavy atom. The van der Waals surface area contributed by atoms with E-state index in [1.54, 1.807) is 6.08 Å². The van der Waals surface area contributed by atoms with E-state index in [9.17, 15) is 19.4 Å². The van der Waals surface area contributed by atoms with Crippen LogP contribution in [0.4, 0.5) is 0 Å². The minimum absolute atomic E-state index is 0.0800. The second-order valence-corrected chi connectivity index (χ2v) is 11.1. The average molecular weight is 535 g/mol. The maximum atomic E-state index is 12.5. The number of nitrogens with two attached hydrogens (primary N) is 1. The summed E-state index contributed by atoms with van der Waals surface area (Å²) < 4.78 is 21.8. The largest absolute Gasteiger partial charge is 0.472 e. The molecule has 1 unspecified atom stereocenters. The molecule has 0 aliphatic heterocycles. The fourth-order valence-electron chi connectivity index (χ4n) is 3.89. The van der Waals surface area contributed by atoms with Crippen molar-refractivity contribution in [2.75, 3.05) is 19.8 Å². The maximum Gasteiger partial charge on any atom is 0.472 e. The van der Waals surface area contributed by atoms with Gasteiger partial charge in [0.15, 0.2) is 0 Å². The van der Waals surface area contributed by atoms with Gasteiger partial charge in [-0.05, 0) is 19.3 Å². The first kappa shape index (κ1) is 35.2. The number of phosphoric ester groups is 1. The predicted octanol–water partition coefficient (Wildman–Crippen LogP) is 6.15. The molecule has 0 aliphatic carbocycles. The highest BCUT2D eigenvalue weighted by Crippen LogP contribution is 2.43. The topological polar surface area (TPSA) is 131 Å². The van der Waals surface area contributed by atoms with Crippen LogP contribution in [0.25, 0.3) is 0 Å². The molecular formula is C27H55N2O6P. The third-order valence-electron chi connectivity index (χ3n) is 6.11. The molecule has 0 rings (SSSR count). The average Bonchev–Trinajstić information content (AvgIpc) is 2.85. The number of phosphoric acid groups is 1. The number of aliphatic hydroxyl groups excluding tert-OH is 1. The summed E-state index contributed by atoms with van der Waals surface area (Å²) in [5.41, 5.74) is 5.30. The van der Waals surface area contributed by atoms with E-state index in [-0.39, 0.29) is 25.7 Å². The lowest BCUT2D eigenvalue weighted by molar-refractivity contribution is -0.123. The summed E-state index contributed by atoms with van der Waals surface area (Å²) in [6.45, 7) is 4.02. The van der Waals surface area contributed by atoms with Gasteiger partial charge in [-0.15, -0.1) is 0 Å².